The van der Waals surface area contributed by atoms with Crippen molar-refractivity contribution in [3.05, 3.63) is 69.2 Å². The second-order valence-corrected chi connectivity index (χ2v) is 7.97. The Morgan fingerprint density at radius 1 is 1.15 bits per heavy atom. The Morgan fingerprint density at radius 2 is 1.70 bits per heavy atom. The van der Waals surface area contributed by atoms with Crippen molar-refractivity contribution in [3.8, 4) is 6.07 Å². The standard InChI is InChI=1S/C21H22BrClN2O2/c1-14(2)13-19(21(26)25-12-11-24)27-20(15-3-7-17(22)8-4-15)16-5-9-18(23)10-6-16/h3-10,14,19-20H,12-13H2,1-2H3,(H,25,26)/t19-,20?/m0/s1. The summed E-state index contributed by atoms with van der Waals surface area (Å²) >= 11 is 9.47. The second kappa shape index (κ2) is 10.5. The van der Waals surface area contributed by atoms with Crippen molar-refractivity contribution in [1.82, 2.24) is 5.32 Å². The number of benzene rings is 2. The van der Waals surface area contributed by atoms with Gasteiger partial charge in [-0.05, 0) is 47.7 Å². The lowest BCUT2D eigenvalue weighted by Crippen LogP contribution is -2.38. The number of nitrogens with one attached hydrogen (secondary N) is 1. The summed E-state index contributed by atoms with van der Waals surface area (Å²) in [5, 5.41) is 12.0. The smallest absolute Gasteiger partial charge is 0.250 e. The van der Waals surface area contributed by atoms with Gasteiger partial charge in [-0.25, -0.2) is 0 Å². The van der Waals surface area contributed by atoms with E-state index in [9.17, 15) is 4.79 Å². The number of hydrogen-bond donors (Lipinski definition) is 1. The maximum absolute atomic E-state index is 12.5. The highest BCUT2D eigenvalue weighted by Crippen LogP contribution is 2.30. The van der Waals surface area contributed by atoms with Crippen LogP contribution >= 0.6 is 27.5 Å². The molecule has 0 saturated heterocycles. The fraction of sp³-hybridized carbons (Fsp3) is 0.333. The number of hydrogen-bond acceptors (Lipinski definition) is 3. The van der Waals surface area contributed by atoms with Crippen molar-refractivity contribution >= 4 is 33.4 Å². The highest BCUT2D eigenvalue weighted by Gasteiger charge is 2.26. The summed E-state index contributed by atoms with van der Waals surface area (Å²) in [6, 6.07) is 17.1. The molecule has 0 saturated carbocycles. The van der Waals surface area contributed by atoms with Crippen LogP contribution in [0, 0.1) is 17.2 Å². The third-order valence-electron chi connectivity index (χ3n) is 3.97. The Labute approximate surface area is 173 Å². The molecule has 2 aromatic carbocycles. The van der Waals surface area contributed by atoms with Crippen molar-refractivity contribution in [3.63, 3.8) is 0 Å². The van der Waals surface area contributed by atoms with Crippen LogP contribution in [0.15, 0.2) is 53.0 Å². The Morgan fingerprint density at radius 3 is 2.22 bits per heavy atom. The van der Waals surface area contributed by atoms with Gasteiger partial charge in [-0.1, -0.05) is 65.6 Å². The van der Waals surface area contributed by atoms with E-state index in [0.29, 0.717) is 11.4 Å². The third-order valence-corrected chi connectivity index (χ3v) is 4.75. The predicted octanol–water partition coefficient (Wildman–Crippen LogP) is 5.26. The lowest BCUT2D eigenvalue weighted by Gasteiger charge is -2.26. The Balaban J connectivity index is 2.35. The zero-order valence-corrected chi connectivity index (χ0v) is 17.6. The Hall–Kier alpha value is -1.87. The normalized spacial score (nSPS) is 13.0. The Kier molecular flexibility index (Phi) is 8.30. The van der Waals surface area contributed by atoms with Gasteiger partial charge >= 0.3 is 0 Å². The minimum Gasteiger partial charge on any atom is -0.356 e. The van der Waals surface area contributed by atoms with Crippen molar-refractivity contribution in [2.45, 2.75) is 32.5 Å². The van der Waals surface area contributed by atoms with Gasteiger partial charge in [0.05, 0.1) is 6.07 Å². The van der Waals surface area contributed by atoms with Crippen molar-refractivity contribution in [2.24, 2.45) is 5.92 Å². The third kappa shape index (κ3) is 6.66. The summed E-state index contributed by atoms with van der Waals surface area (Å²) in [4.78, 5) is 12.5. The summed E-state index contributed by atoms with van der Waals surface area (Å²) < 4.78 is 7.26. The summed E-state index contributed by atoms with van der Waals surface area (Å²) in [6.07, 6.45) is -0.535. The zero-order valence-electron chi connectivity index (χ0n) is 15.3. The highest BCUT2D eigenvalue weighted by molar-refractivity contribution is 9.10. The van der Waals surface area contributed by atoms with Gasteiger partial charge in [0.2, 0.25) is 5.91 Å². The van der Waals surface area contributed by atoms with E-state index in [1.165, 1.54) is 0 Å². The van der Waals surface area contributed by atoms with Crippen LogP contribution in [0.2, 0.25) is 5.02 Å². The molecule has 0 aliphatic rings. The van der Waals surface area contributed by atoms with Crippen molar-refractivity contribution in [1.29, 1.82) is 5.26 Å². The van der Waals surface area contributed by atoms with Gasteiger partial charge in [-0.3, -0.25) is 4.79 Å². The number of carbonyl (C=O) groups is 1. The van der Waals surface area contributed by atoms with E-state index in [-0.39, 0.29) is 18.4 Å². The highest BCUT2D eigenvalue weighted by atomic mass is 79.9. The number of rotatable bonds is 8. The molecule has 1 amide bonds. The molecule has 0 spiro atoms. The quantitative estimate of drug-likeness (QED) is 0.559. The first-order chi connectivity index (χ1) is 12.9. The summed E-state index contributed by atoms with van der Waals surface area (Å²) in [7, 11) is 0. The van der Waals surface area contributed by atoms with Crippen LogP contribution in [0.25, 0.3) is 0 Å². The number of carbonyl (C=O) groups excluding carboxylic acids is 1. The van der Waals surface area contributed by atoms with Gasteiger partial charge in [0.15, 0.2) is 0 Å². The van der Waals surface area contributed by atoms with E-state index < -0.39 is 12.2 Å². The predicted molar refractivity (Wildman–Crippen MR) is 110 cm³/mol. The lowest BCUT2D eigenvalue weighted by molar-refractivity contribution is -0.136. The first-order valence-electron chi connectivity index (χ1n) is 8.71. The molecule has 27 heavy (non-hydrogen) atoms. The molecule has 2 atom stereocenters. The molecule has 142 valence electrons. The number of ether oxygens (including phenoxy) is 1. The molecule has 2 aromatic rings. The maximum atomic E-state index is 12.5. The number of nitriles is 1. The van der Waals surface area contributed by atoms with Crippen molar-refractivity contribution in [2.75, 3.05) is 6.54 Å². The van der Waals surface area contributed by atoms with Crippen LogP contribution in [-0.4, -0.2) is 18.6 Å². The minimum atomic E-state index is -0.664. The molecule has 0 aliphatic carbocycles. The van der Waals surface area contributed by atoms with E-state index in [0.717, 1.165) is 15.6 Å². The van der Waals surface area contributed by atoms with Crippen LogP contribution in [0.5, 0.6) is 0 Å². The summed E-state index contributed by atoms with van der Waals surface area (Å²) in [5.41, 5.74) is 1.84. The molecule has 0 bridgehead atoms. The molecule has 0 radical (unpaired) electrons. The molecule has 1 N–H and O–H groups in total. The van der Waals surface area contributed by atoms with Crippen LogP contribution in [0.1, 0.15) is 37.5 Å². The molecule has 2 rings (SSSR count). The van der Waals surface area contributed by atoms with Gasteiger partial charge in [-0.2, -0.15) is 5.26 Å². The fourth-order valence-electron chi connectivity index (χ4n) is 2.68. The van der Waals surface area contributed by atoms with Gasteiger partial charge in [0, 0.05) is 9.50 Å². The molecule has 1 unspecified atom stereocenters. The van der Waals surface area contributed by atoms with Crippen LogP contribution in [0.3, 0.4) is 0 Å². The lowest BCUT2D eigenvalue weighted by atomic mass is 9.99. The number of halogens is 2. The molecular formula is C21H22BrClN2O2. The average Bonchev–Trinajstić information content (AvgIpc) is 2.64. The molecular weight excluding hydrogens is 428 g/mol. The van der Waals surface area contributed by atoms with Crippen LogP contribution in [-0.2, 0) is 9.53 Å². The maximum Gasteiger partial charge on any atom is 0.250 e. The topological polar surface area (TPSA) is 62.1 Å². The molecule has 4 nitrogen and oxygen atoms in total. The number of amides is 1. The van der Waals surface area contributed by atoms with Gasteiger partial charge in [-0.15, -0.1) is 0 Å². The van der Waals surface area contributed by atoms with E-state index in [1.807, 2.05) is 56.3 Å². The average molecular weight is 450 g/mol. The summed E-state index contributed by atoms with van der Waals surface area (Å²) in [6.45, 7) is 4.02. The van der Waals surface area contributed by atoms with Crippen LogP contribution < -0.4 is 5.32 Å². The molecule has 0 fully saturated rings. The monoisotopic (exact) mass is 448 g/mol. The van der Waals surface area contributed by atoms with E-state index in [1.54, 1.807) is 12.1 Å². The van der Waals surface area contributed by atoms with Gasteiger partial charge in [0.1, 0.15) is 18.8 Å². The van der Waals surface area contributed by atoms with Gasteiger partial charge in [0.25, 0.3) is 0 Å². The van der Waals surface area contributed by atoms with E-state index >= 15 is 0 Å². The molecule has 0 heterocycles. The summed E-state index contributed by atoms with van der Waals surface area (Å²) in [5.74, 6) is -0.0139. The first kappa shape index (κ1) is 21.4. The first-order valence-corrected chi connectivity index (χ1v) is 9.89. The number of nitrogens with zero attached hydrogens (tertiary/aromatic N) is 1. The van der Waals surface area contributed by atoms with Crippen LogP contribution in [0.4, 0.5) is 0 Å². The zero-order chi connectivity index (χ0) is 19.8. The van der Waals surface area contributed by atoms with Gasteiger partial charge < -0.3 is 10.1 Å². The van der Waals surface area contributed by atoms with E-state index in [4.69, 9.17) is 21.6 Å². The minimum absolute atomic E-state index is 0.0410. The SMILES string of the molecule is CC(C)C[C@H](OC(c1ccc(Cl)cc1)c1ccc(Br)cc1)C(=O)NCC#N. The second-order valence-electron chi connectivity index (χ2n) is 6.61. The molecule has 0 aliphatic heterocycles. The van der Waals surface area contributed by atoms with E-state index in [2.05, 4.69) is 21.2 Å². The fourth-order valence-corrected chi connectivity index (χ4v) is 3.07. The molecule has 0 aromatic heterocycles. The largest absolute Gasteiger partial charge is 0.356 e. The molecule has 6 heteroatoms. The van der Waals surface area contributed by atoms with Crippen molar-refractivity contribution < 1.29 is 9.53 Å². The Bertz CT molecular complexity index is 740.